The smallest absolute Gasteiger partial charge is 0.0698 e. The zero-order valence-corrected chi connectivity index (χ0v) is 11.4. The molecule has 1 aliphatic rings. The molecule has 0 bridgehead atoms. The molecule has 0 saturated carbocycles. The van der Waals surface area contributed by atoms with E-state index in [1.807, 2.05) is 13.2 Å². The van der Waals surface area contributed by atoms with Crippen molar-refractivity contribution in [1.29, 1.82) is 0 Å². The highest BCUT2D eigenvalue weighted by Gasteiger charge is 2.22. The Balaban J connectivity index is 1.79. The molecule has 2 rings (SSSR count). The molecule has 2 atom stereocenters. The number of methoxy groups -OCH3 is 1. The molecule has 0 spiro atoms. The monoisotopic (exact) mass is 248 g/mol. The zero-order chi connectivity index (χ0) is 12.8. The van der Waals surface area contributed by atoms with Crippen LogP contribution in [0.25, 0.3) is 0 Å². The lowest BCUT2D eigenvalue weighted by Crippen LogP contribution is -2.46. The molecule has 1 fully saturated rings. The van der Waals surface area contributed by atoms with E-state index in [4.69, 9.17) is 4.74 Å². The van der Waals surface area contributed by atoms with E-state index in [0.717, 1.165) is 13.1 Å². The summed E-state index contributed by atoms with van der Waals surface area (Å²) in [5.41, 5.74) is 1.20. The molecule has 0 aromatic heterocycles. The van der Waals surface area contributed by atoms with E-state index in [-0.39, 0.29) is 0 Å². The van der Waals surface area contributed by atoms with Crippen LogP contribution in [0, 0.1) is 0 Å². The molecule has 100 valence electrons. The average Bonchev–Trinajstić information content (AvgIpc) is 2.46. The van der Waals surface area contributed by atoms with Crippen molar-refractivity contribution in [3.05, 3.63) is 30.3 Å². The fourth-order valence-electron chi connectivity index (χ4n) is 2.51. The highest BCUT2D eigenvalue weighted by atomic mass is 16.5. The third-order valence-electron chi connectivity index (χ3n) is 3.74. The molecule has 0 radical (unpaired) electrons. The molecule has 1 aromatic rings. The maximum atomic E-state index is 5.47. The first kappa shape index (κ1) is 13.4. The molecular formula is C15H24N2O. The summed E-state index contributed by atoms with van der Waals surface area (Å²) in [4.78, 5) is 2.52. The molecule has 0 aliphatic carbocycles. The van der Waals surface area contributed by atoms with Crippen molar-refractivity contribution < 1.29 is 4.74 Å². The van der Waals surface area contributed by atoms with Crippen LogP contribution in [0.15, 0.2) is 30.3 Å². The van der Waals surface area contributed by atoms with Crippen LogP contribution in [0.4, 0.5) is 5.69 Å². The summed E-state index contributed by atoms with van der Waals surface area (Å²) < 4.78 is 5.47. The first-order chi connectivity index (χ1) is 8.79. The van der Waals surface area contributed by atoms with Crippen LogP contribution in [0.1, 0.15) is 19.8 Å². The van der Waals surface area contributed by atoms with Gasteiger partial charge in [-0.3, -0.25) is 4.90 Å². The first-order valence-corrected chi connectivity index (χ1v) is 6.85. The Morgan fingerprint density at radius 3 is 2.89 bits per heavy atom. The van der Waals surface area contributed by atoms with Gasteiger partial charge in [-0.2, -0.15) is 0 Å². The van der Waals surface area contributed by atoms with Gasteiger partial charge in [-0.25, -0.2) is 0 Å². The van der Waals surface area contributed by atoms with Crippen LogP contribution in [0.5, 0.6) is 0 Å². The van der Waals surface area contributed by atoms with Crippen molar-refractivity contribution >= 4 is 5.69 Å². The maximum Gasteiger partial charge on any atom is 0.0698 e. The van der Waals surface area contributed by atoms with Gasteiger partial charge < -0.3 is 10.1 Å². The standard InChI is InChI=1S/C15H24N2O/c1-13(11-16-14-7-4-3-5-8-14)17-10-6-9-15(12-17)18-2/h3-5,7-8,13,15-16H,6,9-12H2,1-2H3. The van der Waals surface area contributed by atoms with Crippen LogP contribution in [0.3, 0.4) is 0 Å². The summed E-state index contributed by atoms with van der Waals surface area (Å²) in [6.45, 7) is 5.53. The summed E-state index contributed by atoms with van der Waals surface area (Å²) in [5.74, 6) is 0. The van der Waals surface area contributed by atoms with E-state index in [2.05, 4.69) is 41.4 Å². The molecule has 2 unspecified atom stereocenters. The van der Waals surface area contributed by atoms with Gasteiger partial charge in [0.25, 0.3) is 0 Å². The number of ether oxygens (including phenoxy) is 1. The van der Waals surface area contributed by atoms with Crippen LogP contribution >= 0.6 is 0 Å². The average molecular weight is 248 g/mol. The topological polar surface area (TPSA) is 24.5 Å². The van der Waals surface area contributed by atoms with E-state index in [0.29, 0.717) is 12.1 Å². The quantitative estimate of drug-likeness (QED) is 0.867. The number of nitrogens with one attached hydrogen (secondary N) is 1. The van der Waals surface area contributed by atoms with Crippen molar-refractivity contribution in [2.45, 2.75) is 31.9 Å². The summed E-state index contributed by atoms with van der Waals surface area (Å²) in [5, 5.41) is 3.49. The molecule has 1 aromatic carbocycles. The van der Waals surface area contributed by atoms with Gasteiger partial charge >= 0.3 is 0 Å². The van der Waals surface area contributed by atoms with E-state index < -0.39 is 0 Å². The minimum Gasteiger partial charge on any atom is -0.383 e. The Labute approximate surface area is 110 Å². The van der Waals surface area contributed by atoms with Crippen molar-refractivity contribution in [2.75, 3.05) is 32.1 Å². The first-order valence-electron chi connectivity index (χ1n) is 6.85. The summed E-state index contributed by atoms with van der Waals surface area (Å²) in [6, 6.07) is 10.9. The van der Waals surface area contributed by atoms with E-state index in [9.17, 15) is 0 Å². The molecule has 3 heteroatoms. The second-order valence-electron chi connectivity index (χ2n) is 5.09. The lowest BCUT2D eigenvalue weighted by molar-refractivity contribution is 0.0194. The van der Waals surface area contributed by atoms with Crippen LogP contribution in [-0.2, 0) is 4.74 Å². The molecule has 0 amide bonds. The van der Waals surface area contributed by atoms with Gasteiger partial charge in [0.15, 0.2) is 0 Å². The summed E-state index contributed by atoms with van der Waals surface area (Å²) in [7, 11) is 1.82. The molecule has 18 heavy (non-hydrogen) atoms. The second-order valence-corrected chi connectivity index (χ2v) is 5.09. The van der Waals surface area contributed by atoms with Gasteiger partial charge in [0.2, 0.25) is 0 Å². The van der Waals surface area contributed by atoms with Crippen molar-refractivity contribution in [2.24, 2.45) is 0 Å². The van der Waals surface area contributed by atoms with Gasteiger partial charge in [0.1, 0.15) is 0 Å². The Morgan fingerprint density at radius 1 is 1.39 bits per heavy atom. The van der Waals surface area contributed by atoms with Crippen molar-refractivity contribution in [3.8, 4) is 0 Å². The molecule has 3 nitrogen and oxygen atoms in total. The molecule has 1 heterocycles. The van der Waals surface area contributed by atoms with E-state index in [1.54, 1.807) is 0 Å². The Bertz CT molecular complexity index is 342. The highest BCUT2D eigenvalue weighted by Crippen LogP contribution is 2.15. The third kappa shape index (κ3) is 3.72. The van der Waals surface area contributed by atoms with Crippen molar-refractivity contribution in [1.82, 2.24) is 4.90 Å². The lowest BCUT2D eigenvalue weighted by Gasteiger charge is -2.36. The third-order valence-corrected chi connectivity index (χ3v) is 3.74. The van der Waals surface area contributed by atoms with Crippen LogP contribution in [0.2, 0.25) is 0 Å². The molecule has 1 N–H and O–H groups in total. The molecule has 1 aliphatic heterocycles. The van der Waals surface area contributed by atoms with Crippen LogP contribution in [-0.4, -0.2) is 43.8 Å². The summed E-state index contributed by atoms with van der Waals surface area (Å²) >= 11 is 0. The van der Waals surface area contributed by atoms with Gasteiger partial charge in [-0.15, -0.1) is 0 Å². The molecule has 1 saturated heterocycles. The lowest BCUT2D eigenvalue weighted by atomic mass is 10.1. The van der Waals surface area contributed by atoms with Gasteiger partial charge in [-0.1, -0.05) is 18.2 Å². The number of hydrogen-bond acceptors (Lipinski definition) is 3. The SMILES string of the molecule is COC1CCCN(C(C)CNc2ccccc2)C1. The van der Waals surface area contributed by atoms with E-state index in [1.165, 1.54) is 25.1 Å². The number of nitrogens with zero attached hydrogens (tertiary/aromatic N) is 1. The normalized spacial score (nSPS) is 22.7. The predicted molar refractivity (Wildman–Crippen MR) is 76.0 cm³/mol. The Hall–Kier alpha value is -1.06. The molecular weight excluding hydrogens is 224 g/mol. The fraction of sp³-hybridized carbons (Fsp3) is 0.600. The number of rotatable bonds is 5. The van der Waals surface area contributed by atoms with Crippen molar-refractivity contribution in [3.63, 3.8) is 0 Å². The number of piperidine rings is 1. The number of para-hydroxylation sites is 1. The van der Waals surface area contributed by atoms with E-state index >= 15 is 0 Å². The Morgan fingerprint density at radius 2 is 2.17 bits per heavy atom. The second kappa shape index (κ2) is 6.76. The minimum atomic E-state index is 0.415. The van der Waals surface area contributed by atoms with Gasteiger partial charge in [-0.05, 0) is 38.4 Å². The predicted octanol–water partition coefficient (Wildman–Crippen LogP) is 2.60. The van der Waals surface area contributed by atoms with Gasteiger partial charge in [0.05, 0.1) is 6.10 Å². The number of likely N-dealkylation sites (tertiary alicyclic amines) is 1. The number of hydrogen-bond donors (Lipinski definition) is 1. The number of benzene rings is 1. The number of anilines is 1. The maximum absolute atomic E-state index is 5.47. The van der Waals surface area contributed by atoms with Crippen LogP contribution < -0.4 is 5.32 Å². The minimum absolute atomic E-state index is 0.415. The van der Waals surface area contributed by atoms with Gasteiger partial charge in [0, 0.05) is 31.9 Å². The zero-order valence-electron chi connectivity index (χ0n) is 11.4. The Kier molecular flexibility index (Phi) is 5.02. The largest absolute Gasteiger partial charge is 0.383 e. The highest BCUT2D eigenvalue weighted by molar-refractivity contribution is 5.42. The fourth-order valence-corrected chi connectivity index (χ4v) is 2.51. The summed E-state index contributed by atoms with van der Waals surface area (Å²) in [6.07, 6.45) is 2.86.